The van der Waals surface area contributed by atoms with E-state index in [0.717, 1.165) is 44.1 Å². The van der Waals surface area contributed by atoms with Crippen molar-refractivity contribution in [3.63, 3.8) is 0 Å². The third-order valence-electron chi connectivity index (χ3n) is 9.22. The van der Waals surface area contributed by atoms with Crippen molar-refractivity contribution in [3.8, 4) is 28.0 Å². The molecule has 4 rings (SSSR count). The number of benzene rings is 3. The van der Waals surface area contributed by atoms with Crippen molar-refractivity contribution in [2.75, 3.05) is 6.61 Å². The summed E-state index contributed by atoms with van der Waals surface area (Å²) in [5.74, 6) is -3.19. The van der Waals surface area contributed by atoms with Gasteiger partial charge >= 0.3 is 0 Å². The third-order valence-corrected chi connectivity index (χ3v) is 9.22. The number of ether oxygens (including phenoxy) is 1. The van der Waals surface area contributed by atoms with Crippen molar-refractivity contribution in [2.45, 2.75) is 117 Å². The molecule has 0 heterocycles. The Labute approximate surface area is 268 Å². The standard InChI is InChI=1S/C40H50F4O/c1-3-5-7-9-10-12-14-28-45-36-27-26-35(39(43)40(36)44)32-22-20-31(21-23-32)34-25-24-33(37(41)38(34)42)30-18-16-29(17-19-30)15-13-11-8-6-4-2/h18,20-27,29H,3-17,19,28H2,1-2H3. The van der Waals surface area contributed by atoms with Gasteiger partial charge in [-0.25, -0.2) is 13.2 Å². The van der Waals surface area contributed by atoms with Gasteiger partial charge in [0.2, 0.25) is 5.82 Å². The van der Waals surface area contributed by atoms with Gasteiger partial charge in [-0.3, -0.25) is 0 Å². The summed E-state index contributed by atoms with van der Waals surface area (Å²) in [6.45, 7) is 4.75. The fourth-order valence-corrected chi connectivity index (χ4v) is 6.39. The highest BCUT2D eigenvalue weighted by atomic mass is 19.2. The van der Waals surface area contributed by atoms with Gasteiger partial charge in [0, 0.05) is 16.7 Å². The minimum atomic E-state index is -1.02. The van der Waals surface area contributed by atoms with E-state index in [1.807, 2.05) is 0 Å². The molecular weight excluding hydrogens is 572 g/mol. The van der Waals surface area contributed by atoms with Gasteiger partial charge in [-0.05, 0) is 60.4 Å². The zero-order chi connectivity index (χ0) is 32.0. The first-order chi connectivity index (χ1) is 21.9. The second kappa shape index (κ2) is 18.2. The lowest BCUT2D eigenvalue weighted by Crippen LogP contribution is -2.07. The van der Waals surface area contributed by atoms with Gasteiger partial charge in [-0.1, -0.05) is 133 Å². The van der Waals surface area contributed by atoms with Crippen LogP contribution in [0.4, 0.5) is 17.6 Å². The van der Waals surface area contributed by atoms with Crippen LogP contribution in [0.15, 0.2) is 54.6 Å². The largest absolute Gasteiger partial charge is 0.490 e. The van der Waals surface area contributed by atoms with Crippen LogP contribution in [-0.4, -0.2) is 6.61 Å². The molecule has 1 aliphatic rings. The van der Waals surface area contributed by atoms with E-state index in [4.69, 9.17) is 4.74 Å². The van der Waals surface area contributed by atoms with Gasteiger partial charge in [0.15, 0.2) is 23.2 Å². The molecular formula is C40H50F4O. The summed E-state index contributed by atoms with van der Waals surface area (Å²) in [5, 5.41) is 0. The van der Waals surface area contributed by atoms with Crippen LogP contribution in [0.2, 0.25) is 0 Å². The maximum absolute atomic E-state index is 15.3. The SMILES string of the molecule is CCCCCCCCCOc1ccc(-c2ccc(-c3ccc(C4=CCC(CCCCCCC)CC4)c(F)c3F)cc2)c(F)c1F. The molecule has 0 bridgehead atoms. The zero-order valence-electron chi connectivity index (χ0n) is 27.2. The Balaban J connectivity index is 1.35. The van der Waals surface area contributed by atoms with E-state index in [2.05, 4.69) is 19.9 Å². The quantitative estimate of drug-likeness (QED) is 0.101. The molecule has 1 aliphatic carbocycles. The molecule has 1 unspecified atom stereocenters. The summed E-state index contributed by atoms with van der Waals surface area (Å²) in [6, 6.07) is 12.6. The van der Waals surface area contributed by atoms with Crippen LogP contribution < -0.4 is 4.74 Å². The molecule has 0 spiro atoms. The maximum Gasteiger partial charge on any atom is 0.201 e. The van der Waals surface area contributed by atoms with E-state index in [1.54, 1.807) is 36.4 Å². The minimum absolute atomic E-state index is 0.0906. The summed E-state index contributed by atoms with van der Waals surface area (Å²) in [4.78, 5) is 0. The fraction of sp³-hybridized carbons (Fsp3) is 0.500. The first kappa shape index (κ1) is 34.8. The summed E-state index contributed by atoms with van der Waals surface area (Å²) >= 11 is 0. The lowest BCUT2D eigenvalue weighted by molar-refractivity contribution is 0.285. The van der Waals surface area contributed by atoms with E-state index in [9.17, 15) is 4.39 Å². The molecule has 0 saturated heterocycles. The van der Waals surface area contributed by atoms with Crippen molar-refractivity contribution in [1.29, 1.82) is 0 Å². The minimum Gasteiger partial charge on any atom is -0.490 e. The van der Waals surface area contributed by atoms with E-state index in [1.165, 1.54) is 76.3 Å². The number of allylic oxidation sites excluding steroid dienone is 2. The van der Waals surface area contributed by atoms with Crippen LogP contribution >= 0.6 is 0 Å². The van der Waals surface area contributed by atoms with Crippen molar-refractivity contribution in [2.24, 2.45) is 5.92 Å². The monoisotopic (exact) mass is 622 g/mol. The highest BCUT2D eigenvalue weighted by molar-refractivity contribution is 5.74. The topological polar surface area (TPSA) is 9.23 Å². The van der Waals surface area contributed by atoms with Crippen LogP contribution in [0.5, 0.6) is 5.75 Å². The molecule has 3 aromatic carbocycles. The van der Waals surface area contributed by atoms with Crippen LogP contribution in [0.1, 0.15) is 122 Å². The second-order valence-electron chi connectivity index (χ2n) is 12.6. The molecule has 0 fully saturated rings. The highest BCUT2D eigenvalue weighted by Gasteiger charge is 2.22. The molecule has 1 atom stereocenters. The summed E-state index contributed by atoms with van der Waals surface area (Å²) in [5.41, 5.74) is 2.36. The van der Waals surface area contributed by atoms with Crippen molar-refractivity contribution in [1.82, 2.24) is 0 Å². The van der Waals surface area contributed by atoms with Gasteiger partial charge in [0.25, 0.3) is 0 Å². The zero-order valence-corrected chi connectivity index (χ0v) is 27.2. The fourth-order valence-electron chi connectivity index (χ4n) is 6.39. The Morgan fingerprint density at radius 3 is 1.69 bits per heavy atom. The van der Waals surface area contributed by atoms with Crippen molar-refractivity contribution < 1.29 is 22.3 Å². The van der Waals surface area contributed by atoms with E-state index in [0.29, 0.717) is 29.2 Å². The molecule has 244 valence electrons. The smallest absolute Gasteiger partial charge is 0.201 e. The summed E-state index contributed by atoms with van der Waals surface area (Å²) in [6.07, 6.45) is 20.1. The number of hydrogen-bond donors (Lipinski definition) is 0. The highest BCUT2D eigenvalue weighted by Crippen LogP contribution is 2.37. The molecule has 0 radical (unpaired) electrons. The average Bonchev–Trinajstić information content (AvgIpc) is 3.06. The molecule has 0 N–H and O–H groups in total. The van der Waals surface area contributed by atoms with Gasteiger partial charge in [0.1, 0.15) is 0 Å². The van der Waals surface area contributed by atoms with Crippen LogP contribution in [-0.2, 0) is 0 Å². The Hall–Kier alpha value is -3.08. The summed E-state index contributed by atoms with van der Waals surface area (Å²) < 4.78 is 66.0. The Morgan fingerprint density at radius 1 is 0.578 bits per heavy atom. The Kier molecular flexibility index (Phi) is 14.0. The molecule has 1 nitrogen and oxygen atoms in total. The lowest BCUT2D eigenvalue weighted by Gasteiger charge is -2.22. The number of halogens is 4. The predicted octanol–water partition coefficient (Wildman–Crippen LogP) is 13.3. The van der Waals surface area contributed by atoms with Gasteiger partial charge in [0.05, 0.1) is 6.61 Å². The van der Waals surface area contributed by atoms with E-state index in [-0.39, 0.29) is 16.9 Å². The van der Waals surface area contributed by atoms with Crippen LogP contribution in [0.3, 0.4) is 0 Å². The number of unbranched alkanes of at least 4 members (excludes halogenated alkanes) is 10. The predicted molar refractivity (Wildman–Crippen MR) is 179 cm³/mol. The molecule has 5 heteroatoms. The van der Waals surface area contributed by atoms with Gasteiger partial charge in [-0.2, -0.15) is 4.39 Å². The maximum atomic E-state index is 15.3. The Bertz CT molecular complexity index is 1380. The number of rotatable bonds is 18. The van der Waals surface area contributed by atoms with Crippen LogP contribution in [0.25, 0.3) is 27.8 Å². The molecule has 0 saturated carbocycles. The molecule has 0 aliphatic heterocycles. The van der Waals surface area contributed by atoms with E-state index < -0.39 is 23.3 Å². The van der Waals surface area contributed by atoms with Crippen LogP contribution in [0, 0.1) is 29.2 Å². The van der Waals surface area contributed by atoms with Gasteiger partial charge < -0.3 is 4.74 Å². The van der Waals surface area contributed by atoms with E-state index >= 15 is 13.2 Å². The third kappa shape index (κ3) is 9.70. The second-order valence-corrected chi connectivity index (χ2v) is 12.6. The summed E-state index contributed by atoms with van der Waals surface area (Å²) in [7, 11) is 0. The molecule has 3 aromatic rings. The Morgan fingerprint density at radius 2 is 1.09 bits per heavy atom. The van der Waals surface area contributed by atoms with Crippen molar-refractivity contribution >= 4 is 5.57 Å². The normalized spacial score (nSPS) is 14.9. The number of hydrogen-bond acceptors (Lipinski definition) is 1. The molecule has 0 amide bonds. The first-order valence-corrected chi connectivity index (χ1v) is 17.3. The molecule has 45 heavy (non-hydrogen) atoms. The first-order valence-electron chi connectivity index (χ1n) is 17.3. The lowest BCUT2D eigenvalue weighted by atomic mass is 9.83. The van der Waals surface area contributed by atoms with Gasteiger partial charge in [-0.15, -0.1) is 0 Å². The van der Waals surface area contributed by atoms with Crippen molar-refractivity contribution in [3.05, 3.63) is 83.4 Å². The average molecular weight is 623 g/mol. The molecule has 0 aromatic heterocycles.